The van der Waals surface area contributed by atoms with Crippen LogP contribution in [0.2, 0.25) is 0 Å². The van der Waals surface area contributed by atoms with Gasteiger partial charge in [0.1, 0.15) is 0 Å². The number of sulfone groups is 1. The SMILES string of the molecule is CCCCCCCCC(CCCS(=O)(=O)c1ccc(C)cc1)C(OC)(OC)OC. The van der Waals surface area contributed by atoms with Gasteiger partial charge < -0.3 is 14.2 Å². The Morgan fingerprint density at radius 2 is 1.34 bits per heavy atom. The molecule has 0 aliphatic carbocycles. The van der Waals surface area contributed by atoms with Crippen molar-refractivity contribution in [3.05, 3.63) is 29.8 Å². The lowest BCUT2D eigenvalue weighted by molar-refractivity contribution is -0.380. The van der Waals surface area contributed by atoms with Gasteiger partial charge in [0.2, 0.25) is 0 Å². The molecule has 6 heteroatoms. The second kappa shape index (κ2) is 13.4. The lowest BCUT2D eigenvalue weighted by Crippen LogP contribution is -2.44. The van der Waals surface area contributed by atoms with Crippen LogP contribution in [-0.4, -0.2) is 41.5 Å². The van der Waals surface area contributed by atoms with Crippen LogP contribution in [0, 0.1) is 12.8 Å². The van der Waals surface area contributed by atoms with E-state index in [4.69, 9.17) is 14.2 Å². The van der Waals surface area contributed by atoms with Gasteiger partial charge in [-0.1, -0.05) is 63.1 Å². The van der Waals surface area contributed by atoms with Crippen molar-refractivity contribution in [2.24, 2.45) is 5.92 Å². The smallest absolute Gasteiger partial charge is 0.285 e. The monoisotopic (exact) mass is 428 g/mol. The highest BCUT2D eigenvalue weighted by Crippen LogP contribution is 2.32. The Labute approximate surface area is 178 Å². The summed E-state index contributed by atoms with van der Waals surface area (Å²) in [5, 5.41) is 0. The van der Waals surface area contributed by atoms with Gasteiger partial charge in [-0.2, -0.15) is 0 Å². The first kappa shape index (κ1) is 26.1. The van der Waals surface area contributed by atoms with E-state index < -0.39 is 15.8 Å². The molecular formula is C23H40O5S. The van der Waals surface area contributed by atoms with E-state index in [2.05, 4.69) is 6.92 Å². The minimum Gasteiger partial charge on any atom is -0.331 e. The van der Waals surface area contributed by atoms with Crippen LogP contribution in [0.3, 0.4) is 0 Å². The molecule has 168 valence electrons. The molecule has 0 aliphatic heterocycles. The number of hydrogen-bond acceptors (Lipinski definition) is 5. The predicted molar refractivity (Wildman–Crippen MR) is 118 cm³/mol. The largest absolute Gasteiger partial charge is 0.331 e. The molecule has 0 radical (unpaired) electrons. The average Bonchev–Trinajstić information content (AvgIpc) is 2.72. The van der Waals surface area contributed by atoms with Crippen molar-refractivity contribution in [2.45, 2.75) is 82.5 Å². The van der Waals surface area contributed by atoms with Crippen LogP contribution in [0.25, 0.3) is 0 Å². The standard InChI is InChI=1S/C23H40O5S/c1-6-7-8-9-10-11-13-21(23(26-3,27-4)28-5)14-12-19-29(24,25)22-17-15-20(2)16-18-22/h15-18,21H,6-14,19H2,1-5H3. The molecular weight excluding hydrogens is 388 g/mol. The van der Waals surface area contributed by atoms with Gasteiger partial charge in [-0.3, -0.25) is 0 Å². The number of hydrogen-bond donors (Lipinski definition) is 0. The summed E-state index contributed by atoms with van der Waals surface area (Å²) < 4.78 is 42.0. The van der Waals surface area contributed by atoms with Crippen LogP contribution in [0.5, 0.6) is 0 Å². The van der Waals surface area contributed by atoms with Gasteiger partial charge in [-0.25, -0.2) is 8.42 Å². The third kappa shape index (κ3) is 8.36. The molecule has 1 unspecified atom stereocenters. The zero-order valence-corrected chi connectivity index (χ0v) is 19.7. The Hall–Kier alpha value is -0.950. The van der Waals surface area contributed by atoms with Crippen LogP contribution in [-0.2, 0) is 24.0 Å². The molecule has 0 aliphatic rings. The molecule has 1 aromatic rings. The van der Waals surface area contributed by atoms with Crippen LogP contribution < -0.4 is 0 Å². The second-order valence-electron chi connectivity index (χ2n) is 7.74. The summed E-state index contributed by atoms with van der Waals surface area (Å²) in [5.74, 6) is -1.05. The molecule has 29 heavy (non-hydrogen) atoms. The summed E-state index contributed by atoms with van der Waals surface area (Å²) in [6.07, 6.45) is 9.29. The molecule has 0 saturated carbocycles. The third-order valence-electron chi connectivity index (χ3n) is 5.61. The number of methoxy groups -OCH3 is 3. The molecule has 1 rings (SSSR count). The summed E-state index contributed by atoms with van der Waals surface area (Å²) in [4.78, 5) is 0.382. The molecule has 0 saturated heterocycles. The quantitative estimate of drug-likeness (QED) is 0.257. The average molecular weight is 429 g/mol. The van der Waals surface area contributed by atoms with Gasteiger partial charge in [0.05, 0.1) is 10.6 Å². The maximum absolute atomic E-state index is 12.7. The molecule has 1 atom stereocenters. The van der Waals surface area contributed by atoms with Gasteiger partial charge >= 0.3 is 0 Å². The molecule has 0 fully saturated rings. The van der Waals surface area contributed by atoms with Crippen molar-refractivity contribution in [3.8, 4) is 0 Å². The Morgan fingerprint density at radius 3 is 1.90 bits per heavy atom. The van der Waals surface area contributed by atoms with Gasteiger partial charge in [-0.15, -0.1) is 0 Å². The number of ether oxygens (including phenoxy) is 3. The molecule has 5 nitrogen and oxygen atoms in total. The van der Waals surface area contributed by atoms with Crippen molar-refractivity contribution >= 4 is 9.84 Å². The highest BCUT2D eigenvalue weighted by molar-refractivity contribution is 7.91. The zero-order chi connectivity index (χ0) is 21.8. The first-order chi connectivity index (χ1) is 13.8. The van der Waals surface area contributed by atoms with E-state index in [9.17, 15) is 8.42 Å². The number of aryl methyl sites for hydroxylation is 1. The van der Waals surface area contributed by atoms with Crippen molar-refractivity contribution in [1.82, 2.24) is 0 Å². The van der Waals surface area contributed by atoms with Crippen LogP contribution in [0.4, 0.5) is 0 Å². The Bertz CT molecular complexity index is 642. The number of rotatable bonds is 16. The van der Waals surface area contributed by atoms with E-state index in [-0.39, 0.29) is 11.7 Å². The van der Waals surface area contributed by atoms with E-state index in [1.807, 2.05) is 19.1 Å². The first-order valence-corrected chi connectivity index (χ1v) is 12.4. The number of unbranched alkanes of at least 4 members (excludes halogenated alkanes) is 5. The summed E-state index contributed by atoms with van der Waals surface area (Å²) in [5.41, 5.74) is 1.05. The van der Waals surface area contributed by atoms with E-state index in [0.717, 1.165) is 24.8 Å². The predicted octanol–water partition coefficient (Wildman–Crippen LogP) is 5.51. The Kier molecular flexibility index (Phi) is 12.0. The molecule has 0 spiro atoms. The fraction of sp³-hybridized carbons (Fsp3) is 0.739. The van der Waals surface area contributed by atoms with Gasteiger partial charge in [0.15, 0.2) is 9.84 Å². The second-order valence-corrected chi connectivity index (χ2v) is 9.85. The minimum absolute atomic E-state index is 0.0260. The van der Waals surface area contributed by atoms with Gasteiger partial charge in [0, 0.05) is 27.2 Å². The zero-order valence-electron chi connectivity index (χ0n) is 18.9. The maximum atomic E-state index is 12.7. The van der Waals surface area contributed by atoms with Crippen LogP contribution >= 0.6 is 0 Å². The van der Waals surface area contributed by atoms with Gasteiger partial charge in [0.25, 0.3) is 5.97 Å². The molecule has 0 N–H and O–H groups in total. The molecule has 0 aromatic heterocycles. The van der Waals surface area contributed by atoms with Crippen molar-refractivity contribution < 1.29 is 22.6 Å². The van der Waals surface area contributed by atoms with E-state index in [0.29, 0.717) is 17.7 Å². The van der Waals surface area contributed by atoms with Crippen molar-refractivity contribution in [2.75, 3.05) is 27.1 Å². The normalized spacial score (nSPS) is 13.6. The van der Waals surface area contributed by atoms with E-state index in [1.54, 1.807) is 33.5 Å². The maximum Gasteiger partial charge on any atom is 0.285 e. The summed E-state index contributed by atoms with van der Waals surface area (Å²) in [6.45, 7) is 4.16. The van der Waals surface area contributed by atoms with Gasteiger partial charge in [-0.05, 0) is 38.3 Å². The molecule has 0 amide bonds. The Balaban J connectivity index is 2.69. The lowest BCUT2D eigenvalue weighted by atomic mass is 9.93. The van der Waals surface area contributed by atoms with Crippen LogP contribution in [0.1, 0.15) is 70.3 Å². The van der Waals surface area contributed by atoms with Crippen LogP contribution in [0.15, 0.2) is 29.2 Å². The molecule has 1 aromatic carbocycles. The fourth-order valence-electron chi connectivity index (χ4n) is 3.80. The molecule has 0 bridgehead atoms. The summed E-state index contributed by atoms with van der Waals surface area (Å²) >= 11 is 0. The summed E-state index contributed by atoms with van der Waals surface area (Å²) in [6, 6.07) is 7.03. The topological polar surface area (TPSA) is 61.8 Å². The minimum atomic E-state index is -3.30. The fourth-order valence-corrected chi connectivity index (χ4v) is 5.14. The van der Waals surface area contributed by atoms with E-state index >= 15 is 0 Å². The van der Waals surface area contributed by atoms with Crippen molar-refractivity contribution in [3.63, 3.8) is 0 Å². The summed E-state index contributed by atoms with van der Waals surface area (Å²) in [7, 11) is 1.42. The third-order valence-corrected chi connectivity index (χ3v) is 7.42. The van der Waals surface area contributed by atoms with E-state index in [1.165, 1.54) is 25.7 Å². The van der Waals surface area contributed by atoms with Crippen molar-refractivity contribution in [1.29, 1.82) is 0 Å². The highest BCUT2D eigenvalue weighted by Gasteiger charge is 2.39. The highest BCUT2D eigenvalue weighted by atomic mass is 32.2. The Morgan fingerprint density at radius 1 is 0.828 bits per heavy atom. The number of benzene rings is 1. The first-order valence-electron chi connectivity index (χ1n) is 10.8. The molecule has 0 heterocycles. The lowest BCUT2D eigenvalue weighted by Gasteiger charge is -2.36.